The standard InChI is InChI=1S/C23H30N6O/c30-23(25-11-6-14-27-12-1-2-13-27)18-7-4-15-28(17-18)22-20-9-5-16-29(20)19-8-3-10-24-21(19)26-22/h3,5,8-10,16,18H,1-2,4,6-7,11-15,17H2,(H,25,30)/t18-/m1/s1. The van der Waals surface area contributed by atoms with E-state index in [9.17, 15) is 4.79 Å². The summed E-state index contributed by atoms with van der Waals surface area (Å²) in [6.45, 7) is 5.93. The molecule has 1 amide bonds. The van der Waals surface area contributed by atoms with Gasteiger partial charge in [0.15, 0.2) is 11.5 Å². The van der Waals surface area contributed by atoms with Crippen molar-refractivity contribution in [3.05, 3.63) is 36.7 Å². The Labute approximate surface area is 177 Å². The minimum absolute atomic E-state index is 0.0155. The summed E-state index contributed by atoms with van der Waals surface area (Å²) in [4.78, 5) is 26.9. The number of piperidine rings is 1. The van der Waals surface area contributed by atoms with E-state index in [2.05, 4.69) is 36.8 Å². The third-order valence-corrected chi connectivity index (χ3v) is 6.46. The first kappa shape index (κ1) is 19.3. The van der Waals surface area contributed by atoms with Crippen LogP contribution < -0.4 is 10.2 Å². The van der Waals surface area contributed by atoms with Crippen molar-refractivity contribution in [2.45, 2.75) is 32.1 Å². The number of hydrogen-bond donors (Lipinski definition) is 1. The number of nitrogens with one attached hydrogen (secondary N) is 1. The van der Waals surface area contributed by atoms with Gasteiger partial charge in [-0.05, 0) is 76.0 Å². The molecule has 30 heavy (non-hydrogen) atoms. The molecule has 0 saturated carbocycles. The molecule has 2 aliphatic rings. The maximum absolute atomic E-state index is 12.8. The van der Waals surface area contributed by atoms with Gasteiger partial charge in [0.2, 0.25) is 5.91 Å². The van der Waals surface area contributed by atoms with E-state index in [4.69, 9.17) is 4.98 Å². The topological polar surface area (TPSA) is 65.8 Å². The van der Waals surface area contributed by atoms with Crippen LogP contribution in [0.25, 0.3) is 16.7 Å². The Kier molecular flexibility index (Phi) is 5.53. The Balaban J connectivity index is 1.26. The summed E-state index contributed by atoms with van der Waals surface area (Å²) in [5, 5.41) is 3.18. The van der Waals surface area contributed by atoms with Gasteiger partial charge in [0.05, 0.1) is 17.0 Å². The molecule has 2 fully saturated rings. The quantitative estimate of drug-likeness (QED) is 0.638. The summed E-state index contributed by atoms with van der Waals surface area (Å²) < 4.78 is 2.15. The predicted octanol–water partition coefficient (Wildman–Crippen LogP) is 2.70. The highest BCUT2D eigenvalue weighted by atomic mass is 16.1. The van der Waals surface area contributed by atoms with Crippen LogP contribution in [0.1, 0.15) is 32.1 Å². The van der Waals surface area contributed by atoms with Gasteiger partial charge < -0.3 is 19.5 Å². The van der Waals surface area contributed by atoms with Crippen LogP contribution in [0.4, 0.5) is 5.82 Å². The summed E-state index contributed by atoms with van der Waals surface area (Å²) in [6.07, 6.45) is 9.44. The van der Waals surface area contributed by atoms with Gasteiger partial charge in [0.1, 0.15) is 0 Å². The van der Waals surface area contributed by atoms with Crippen molar-refractivity contribution in [3.63, 3.8) is 0 Å². The first-order chi connectivity index (χ1) is 14.8. The molecule has 3 aromatic rings. The van der Waals surface area contributed by atoms with Crippen LogP contribution in [0.5, 0.6) is 0 Å². The van der Waals surface area contributed by atoms with Crippen LogP contribution in [-0.2, 0) is 4.79 Å². The molecule has 0 radical (unpaired) electrons. The zero-order valence-electron chi connectivity index (χ0n) is 17.5. The number of fused-ring (bicyclic) bond motifs is 3. The fourth-order valence-corrected chi connectivity index (χ4v) is 4.87. The van der Waals surface area contributed by atoms with Crippen LogP contribution in [-0.4, -0.2) is 64.4 Å². The van der Waals surface area contributed by atoms with Crippen LogP contribution in [0.2, 0.25) is 0 Å². The molecular weight excluding hydrogens is 376 g/mol. The van der Waals surface area contributed by atoms with Crippen molar-refractivity contribution in [1.29, 1.82) is 0 Å². The summed E-state index contributed by atoms with van der Waals surface area (Å²) in [5.41, 5.74) is 2.82. The van der Waals surface area contributed by atoms with Crippen molar-refractivity contribution in [2.75, 3.05) is 44.2 Å². The van der Waals surface area contributed by atoms with Gasteiger partial charge in [-0.2, -0.15) is 0 Å². The maximum Gasteiger partial charge on any atom is 0.224 e. The summed E-state index contributed by atoms with van der Waals surface area (Å²) in [5.74, 6) is 1.13. The van der Waals surface area contributed by atoms with Crippen LogP contribution in [0.3, 0.4) is 0 Å². The SMILES string of the molecule is O=C(NCCCN1CCCC1)[C@@H]1CCCN(c2nc3ncccc3n3cccc23)C1. The molecule has 158 valence electrons. The van der Waals surface area contributed by atoms with E-state index in [-0.39, 0.29) is 11.8 Å². The van der Waals surface area contributed by atoms with Crippen LogP contribution in [0, 0.1) is 5.92 Å². The first-order valence-corrected chi connectivity index (χ1v) is 11.3. The molecule has 3 aromatic heterocycles. The number of anilines is 1. The van der Waals surface area contributed by atoms with Gasteiger partial charge in [-0.3, -0.25) is 4.79 Å². The summed E-state index contributed by atoms with van der Waals surface area (Å²) in [7, 11) is 0. The number of amides is 1. The number of hydrogen-bond acceptors (Lipinski definition) is 5. The van der Waals surface area contributed by atoms with Crippen molar-refractivity contribution < 1.29 is 4.79 Å². The number of pyridine rings is 1. The second kappa shape index (κ2) is 8.60. The predicted molar refractivity (Wildman–Crippen MR) is 119 cm³/mol. The molecule has 2 aliphatic heterocycles. The average molecular weight is 407 g/mol. The third-order valence-electron chi connectivity index (χ3n) is 6.46. The second-order valence-corrected chi connectivity index (χ2v) is 8.52. The summed E-state index contributed by atoms with van der Waals surface area (Å²) in [6, 6.07) is 8.12. The van der Waals surface area contributed by atoms with Crippen molar-refractivity contribution in [1.82, 2.24) is 24.6 Å². The van der Waals surface area contributed by atoms with Gasteiger partial charge in [0, 0.05) is 32.0 Å². The lowest BCUT2D eigenvalue weighted by Gasteiger charge is -2.33. The molecule has 2 saturated heterocycles. The Bertz CT molecular complexity index is 1020. The Morgan fingerprint density at radius 1 is 1.10 bits per heavy atom. The lowest BCUT2D eigenvalue weighted by molar-refractivity contribution is -0.125. The van der Waals surface area contributed by atoms with Crippen molar-refractivity contribution in [3.8, 4) is 0 Å². The Morgan fingerprint density at radius 3 is 2.87 bits per heavy atom. The fourth-order valence-electron chi connectivity index (χ4n) is 4.87. The van der Waals surface area contributed by atoms with Crippen molar-refractivity contribution in [2.24, 2.45) is 5.92 Å². The largest absolute Gasteiger partial charge is 0.356 e. The van der Waals surface area contributed by atoms with E-state index in [0.29, 0.717) is 6.54 Å². The highest BCUT2D eigenvalue weighted by molar-refractivity contribution is 5.84. The van der Waals surface area contributed by atoms with E-state index < -0.39 is 0 Å². The first-order valence-electron chi connectivity index (χ1n) is 11.3. The molecule has 0 aliphatic carbocycles. The third kappa shape index (κ3) is 3.86. The molecule has 0 bridgehead atoms. The highest BCUT2D eigenvalue weighted by Gasteiger charge is 2.28. The Morgan fingerprint density at radius 2 is 1.97 bits per heavy atom. The highest BCUT2D eigenvalue weighted by Crippen LogP contribution is 2.28. The normalized spacial score (nSPS) is 20.3. The Hall–Kier alpha value is -2.67. The van der Waals surface area contributed by atoms with E-state index in [1.807, 2.05) is 18.2 Å². The zero-order chi connectivity index (χ0) is 20.3. The minimum atomic E-state index is 0.0155. The van der Waals surface area contributed by atoms with Gasteiger partial charge in [-0.15, -0.1) is 0 Å². The molecule has 0 aromatic carbocycles. The second-order valence-electron chi connectivity index (χ2n) is 8.52. The number of nitrogens with zero attached hydrogens (tertiary/aromatic N) is 5. The molecule has 0 spiro atoms. The van der Waals surface area contributed by atoms with Crippen LogP contribution >= 0.6 is 0 Å². The lowest BCUT2D eigenvalue weighted by atomic mass is 9.97. The number of rotatable bonds is 6. The van der Waals surface area contributed by atoms with Gasteiger partial charge in [0.25, 0.3) is 0 Å². The average Bonchev–Trinajstić information content (AvgIpc) is 3.48. The monoisotopic (exact) mass is 406 g/mol. The molecule has 5 heterocycles. The van der Waals surface area contributed by atoms with E-state index in [1.54, 1.807) is 6.20 Å². The summed E-state index contributed by atoms with van der Waals surface area (Å²) >= 11 is 0. The fraction of sp³-hybridized carbons (Fsp3) is 0.522. The van der Waals surface area contributed by atoms with Crippen LogP contribution in [0.15, 0.2) is 36.7 Å². The molecular formula is C23H30N6O. The van der Waals surface area contributed by atoms with Gasteiger partial charge in [-0.25, -0.2) is 9.97 Å². The van der Waals surface area contributed by atoms with E-state index in [0.717, 1.165) is 61.4 Å². The molecule has 5 rings (SSSR count). The lowest BCUT2D eigenvalue weighted by Crippen LogP contribution is -2.44. The molecule has 0 unspecified atom stereocenters. The molecule has 7 nitrogen and oxygen atoms in total. The molecule has 1 atom stereocenters. The van der Waals surface area contributed by atoms with Crippen molar-refractivity contribution >= 4 is 28.4 Å². The van der Waals surface area contributed by atoms with Gasteiger partial charge in [-0.1, -0.05) is 0 Å². The minimum Gasteiger partial charge on any atom is -0.356 e. The number of carbonyl (C=O) groups is 1. The van der Waals surface area contributed by atoms with Gasteiger partial charge >= 0.3 is 0 Å². The number of carbonyl (C=O) groups excluding carboxylic acids is 1. The number of aromatic nitrogens is 3. The van der Waals surface area contributed by atoms with E-state index >= 15 is 0 Å². The number of likely N-dealkylation sites (tertiary alicyclic amines) is 1. The van der Waals surface area contributed by atoms with E-state index in [1.165, 1.54) is 25.9 Å². The molecule has 1 N–H and O–H groups in total. The zero-order valence-corrected chi connectivity index (χ0v) is 17.5. The molecule has 7 heteroatoms. The smallest absolute Gasteiger partial charge is 0.224 e. The maximum atomic E-state index is 12.8.